The van der Waals surface area contributed by atoms with Crippen LogP contribution >= 0.6 is 0 Å². The number of fused-ring (bicyclic) bond motifs is 1. The summed E-state index contributed by atoms with van der Waals surface area (Å²) in [5, 5.41) is 5.24. The van der Waals surface area contributed by atoms with Crippen molar-refractivity contribution in [1.82, 2.24) is 15.0 Å². The van der Waals surface area contributed by atoms with E-state index in [9.17, 15) is 8.78 Å². The summed E-state index contributed by atoms with van der Waals surface area (Å²) in [7, 11) is 0. The van der Waals surface area contributed by atoms with Crippen LogP contribution in [0.25, 0.3) is 11.0 Å². The van der Waals surface area contributed by atoms with Gasteiger partial charge in [0.15, 0.2) is 5.58 Å². The van der Waals surface area contributed by atoms with Crippen molar-refractivity contribution < 1.29 is 13.3 Å². The van der Waals surface area contributed by atoms with Crippen molar-refractivity contribution in [3.8, 4) is 0 Å². The van der Waals surface area contributed by atoms with Crippen LogP contribution in [0.5, 0.6) is 0 Å². The number of piperazine rings is 1. The van der Waals surface area contributed by atoms with Crippen LogP contribution in [0.15, 0.2) is 47.0 Å². The smallest absolute Gasteiger partial charge is 0.167 e. The van der Waals surface area contributed by atoms with Gasteiger partial charge in [-0.25, -0.2) is 8.78 Å². The first-order chi connectivity index (χ1) is 12.2. The maximum absolute atomic E-state index is 13.3. The summed E-state index contributed by atoms with van der Waals surface area (Å²) in [4.78, 5) is 4.54. The number of aromatic nitrogens is 1. The highest BCUT2D eigenvalue weighted by atomic mass is 19.1. The molecule has 0 aliphatic carbocycles. The summed E-state index contributed by atoms with van der Waals surface area (Å²) in [5.41, 5.74) is 2.44. The van der Waals surface area contributed by atoms with Crippen LogP contribution in [0.2, 0.25) is 0 Å². The summed E-state index contributed by atoms with van der Waals surface area (Å²) in [6, 6.07) is 11.6. The Bertz CT molecular complexity index is 852. The molecule has 0 unspecified atom stereocenters. The largest absolute Gasteiger partial charge is 0.356 e. The number of para-hydroxylation sites is 1. The first-order valence-electron chi connectivity index (χ1n) is 8.40. The fourth-order valence-corrected chi connectivity index (χ4v) is 3.33. The third-order valence-corrected chi connectivity index (χ3v) is 4.62. The van der Waals surface area contributed by atoms with Gasteiger partial charge in [0.25, 0.3) is 0 Å². The van der Waals surface area contributed by atoms with E-state index in [0.29, 0.717) is 12.1 Å². The molecule has 4 rings (SSSR count). The van der Waals surface area contributed by atoms with Gasteiger partial charge >= 0.3 is 0 Å². The first-order valence-corrected chi connectivity index (χ1v) is 8.40. The zero-order valence-electron chi connectivity index (χ0n) is 13.8. The number of hydrogen-bond donors (Lipinski definition) is 0. The van der Waals surface area contributed by atoms with Crippen LogP contribution in [0.1, 0.15) is 11.3 Å². The van der Waals surface area contributed by atoms with Crippen LogP contribution in [-0.2, 0) is 13.1 Å². The molecule has 0 atom stereocenters. The average molecular weight is 343 g/mol. The van der Waals surface area contributed by atoms with E-state index in [2.05, 4.69) is 15.0 Å². The average Bonchev–Trinajstić information content (AvgIpc) is 2.99. The zero-order chi connectivity index (χ0) is 17.2. The summed E-state index contributed by atoms with van der Waals surface area (Å²) >= 11 is 0. The molecule has 1 aliphatic rings. The second-order valence-corrected chi connectivity index (χ2v) is 6.46. The van der Waals surface area contributed by atoms with E-state index >= 15 is 0 Å². The summed E-state index contributed by atoms with van der Waals surface area (Å²) < 4.78 is 32.0. The minimum atomic E-state index is -0.522. The molecule has 3 aromatic rings. The highest BCUT2D eigenvalue weighted by Crippen LogP contribution is 2.20. The van der Waals surface area contributed by atoms with Gasteiger partial charge in [0.05, 0.1) is 0 Å². The van der Waals surface area contributed by atoms with Gasteiger partial charge in [-0.2, -0.15) is 0 Å². The van der Waals surface area contributed by atoms with Crippen molar-refractivity contribution in [3.05, 3.63) is 65.4 Å². The molecule has 0 bridgehead atoms. The molecule has 2 aromatic carbocycles. The second-order valence-electron chi connectivity index (χ2n) is 6.46. The van der Waals surface area contributed by atoms with Gasteiger partial charge in [-0.1, -0.05) is 17.3 Å². The molecule has 1 aliphatic heterocycles. The first kappa shape index (κ1) is 16.2. The van der Waals surface area contributed by atoms with Gasteiger partial charge in [0.2, 0.25) is 0 Å². The SMILES string of the molecule is Fc1cc(F)cc(CN2CCN(Cc3noc4ccccc34)CC2)c1. The Morgan fingerprint density at radius 2 is 1.52 bits per heavy atom. The number of nitrogens with zero attached hydrogens (tertiary/aromatic N) is 3. The molecule has 1 saturated heterocycles. The Morgan fingerprint density at radius 3 is 2.24 bits per heavy atom. The number of rotatable bonds is 4. The molecule has 130 valence electrons. The second kappa shape index (κ2) is 6.90. The number of halogens is 2. The Kier molecular flexibility index (Phi) is 4.46. The molecule has 25 heavy (non-hydrogen) atoms. The Labute approximate surface area is 144 Å². The maximum atomic E-state index is 13.3. The minimum Gasteiger partial charge on any atom is -0.356 e. The van der Waals surface area contributed by atoms with Crippen molar-refractivity contribution in [2.24, 2.45) is 0 Å². The summed E-state index contributed by atoms with van der Waals surface area (Å²) in [6.45, 7) is 4.80. The van der Waals surface area contributed by atoms with Gasteiger partial charge in [0, 0.05) is 50.7 Å². The zero-order valence-corrected chi connectivity index (χ0v) is 13.8. The molecule has 0 N–H and O–H groups in total. The molecular weight excluding hydrogens is 324 g/mol. The molecule has 1 aromatic heterocycles. The monoisotopic (exact) mass is 343 g/mol. The van der Waals surface area contributed by atoms with E-state index in [1.54, 1.807) is 0 Å². The molecular formula is C19H19F2N3O. The predicted octanol–water partition coefficient (Wildman–Crippen LogP) is 3.42. The normalized spacial score (nSPS) is 16.6. The van der Waals surface area contributed by atoms with Gasteiger partial charge < -0.3 is 4.52 Å². The van der Waals surface area contributed by atoms with Crippen molar-refractivity contribution >= 4 is 11.0 Å². The Hall–Kier alpha value is -2.31. The third-order valence-electron chi connectivity index (χ3n) is 4.62. The Morgan fingerprint density at radius 1 is 0.880 bits per heavy atom. The number of benzene rings is 2. The van der Waals surface area contributed by atoms with E-state index < -0.39 is 11.6 Å². The fourth-order valence-electron chi connectivity index (χ4n) is 3.33. The highest BCUT2D eigenvalue weighted by molar-refractivity contribution is 5.79. The van der Waals surface area contributed by atoms with E-state index in [0.717, 1.165) is 55.5 Å². The van der Waals surface area contributed by atoms with Crippen LogP contribution in [0, 0.1) is 11.6 Å². The van der Waals surface area contributed by atoms with Gasteiger partial charge in [-0.3, -0.25) is 9.80 Å². The topological polar surface area (TPSA) is 32.5 Å². The molecule has 4 nitrogen and oxygen atoms in total. The van der Waals surface area contributed by atoms with E-state index in [-0.39, 0.29) is 0 Å². The van der Waals surface area contributed by atoms with Gasteiger partial charge in [0.1, 0.15) is 17.3 Å². The fraction of sp³-hybridized carbons (Fsp3) is 0.316. The standard InChI is InChI=1S/C19H19F2N3O/c20-15-9-14(10-16(21)11-15)12-23-5-7-24(8-6-23)13-18-17-3-1-2-4-19(17)25-22-18/h1-4,9-11H,5-8,12-13H2. The third kappa shape index (κ3) is 3.70. The van der Waals surface area contributed by atoms with Crippen LogP contribution in [0.3, 0.4) is 0 Å². The molecule has 1 fully saturated rings. The number of hydrogen-bond acceptors (Lipinski definition) is 4. The van der Waals surface area contributed by atoms with Gasteiger partial charge in [-0.05, 0) is 29.8 Å². The van der Waals surface area contributed by atoms with E-state index in [4.69, 9.17) is 4.52 Å². The lowest BCUT2D eigenvalue weighted by Gasteiger charge is -2.34. The minimum absolute atomic E-state index is 0.522. The van der Waals surface area contributed by atoms with Crippen molar-refractivity contribution in [2.45, 2.75) is 13.1 Å². The Balaban J connectivity index is 1.35. The summed E-state index contributed by atoms with van der Waals surface area (Å²) in [6.07, 6.45) is 0. The highest BCUT2D eigenvalue weighted by Gasteiger charge is 2.19. The molecule has 6 heteroatoms. The molecule has 2 heterocycles. The van der Waals surface area contributed by atoms with E-state index in [1.165, 1.54) is 12.1 Å². The maximum Gasteiger partial charge on any atom is 0.167 e. The molecule has 0 saturated carbocycles. The predicted molar refractivity (Wildman–Crippen MR) is 90.9 cm³/mol. The molecule has 0 spiro atoms. The molecule has 0 amide bonds. The van der Waals surface area contributed by atoms with Crippen LogP contribution in [0.4, 0.5) is 8.78 Å². The van der Waals surface area contributed by atoms with Crippen molar-refractivity contribution in [2.75, 3.05) is 26.2 Å². The van der Waals surface area contributed by atoms with Gasteiger partial charge in [-0.15, -0.1) is 0 Å². The van der Waals surface area contributed by atoms with Crippen LogP contribution in [-0.4, -0.2) is 41.1 Å². The lowest BCUT2D eigenvalue weighted by molar-refractivity contribution is 0.120. The van der Waals surface area contributed by atoms with Crippen molar-refractivity contribution in [3.63, 3.8) is 0 Å². The summed E-state index contributed by atoms with van der Waals surface area (Å²) in [5.74, 6) is -1.04. The van der Waals surface area contributed by atoms with Crippen LogP contribution < -0.4 is 0 Å². The van der Waals surface area contributed by atoms with Crippen molar-refractivity contribution in [1.29, 1.82) is 0 Å². The lowest BCUT2D eigenvalue weighted by atomic mass is 10.1. The van der Waals surface area contributed by atoms with E-state index in [1.807, 2.05) is 24.3 Å². The molecule has 0 radical (unpaired) electrons. The quantitative estimate of drug-likeness (QED) is 0.727. The lowest BCUT2D eigenvalue weighted by Crippen LogP contribution is -2.45.